The number of amides is 3. The first-order chi connectivity index (χ1) is 19.8. The van der Waals surface area contributed by atoms with E-state index in [1.165, 1.54) is 28.0 Å². The van der Waals surface area contributed by atoms with Gasteiger partial charge in [0.2, 0.25) is 0 Å². The fraction of sp³-hybridized carbons (Fsp3) is 0.393. The Morgan fingerprint density at radius 3 is 2.55 bits per heavy atom. The second-order valence-corrected chi connectivity index (χ2v) is 12.1. The van der Waals surface area contributed by atoms with E-state index in [1.54, 1.807) is 27.8 Å². The first kappa shape index (κ1) is 30.8. The summed E-state index contributed by atoms with van der Waals surface area (Å²) in [5.74, 6) is -0.982. The minimum Gasteiger partial charge on any atom is -0.485 e. The monoisotopic (exact) mass is 603 g/mol. The lowest BCUT2D eigenvalue weighted by Crippen LogP contribution is -2.50. The molecule has 0 saturated carbocycles. The van der Waals surface area contributed by atoms with Crippen LogP contribution in [0.15, 0.2) is 51.9 Å². The van der Waals surface area contributed by atoms with Gasteiger partial charge >= 0.3 is 6.03 Å². The summed E-state index contributed by atoms with van der Waals surface area (Å²) in [5, 5.41) is 16.5. The SMILES string of the molecule is Cc1noc(C)c1NC(=O)N(C)C[C@H]1Oc2c(NS(=O)(=O)c3ccc(F)cc3)cccc2C(=O)N([C@@H](C)CO)C[C@H]1C. The molecule has 4 rings (SSSR count). The molecule has 0 aliphatic carbocycles. The summed E-state index contributed by atoms with van der Waals surface area (Å²) >= 11 is 0. The van der Waals surface area contributed by atoms with Crippen molar-refractivity contribution in [3.63, 3.8) is 0 Å². The van der Waals surface area contributed by atoms with E-state index in [0.717, 1.165) is 24.3 Å². The van der Waals surface area contributed by atoms with Crippen LogP contribution in [-0.2, 0) is 10.0 Å². The molecule has 226 valence electrons. The van der Waals surface area contributed by atoms with Gasteiger partial charge in [-0.05, 0) is 57.2 Å². The molecule has 12 nitrogen and oxygen atoms in total. The third kappa shape index (κ3) is 6.49. The van der Waals surface area contributed by atoms with E-state index in [9.17, 15) is 27.5 Å². The number of benzene rings is 2. The van der Waals surface area contributed by atoms with Gasteiger partial charge in [0, 0.05) is 19.5 Å². The van der Waals surface area contributed by atoms with Crippen LogP contribution in [0.2, 0.25) is 0 Å². The number of urea groups is 1. The van der Waals surface area contributed by atoms with Gasteiger partial charge in [0.15, 0.2) is 11.5 Å². The largest absolute Gasteiger partial charge is 0.485 e. The molecule has 0 unspecified atom stereocenters. The Balaban J connectivity index is 1.70. The Morgan fingerprint density at radius 2 is 1.93 bits per heavy atom. The number of carbonyl (C=O) groups excluding carboxylic acids is 2. The Bertz CT molecular complexity index is 1540. The van der Waals surface area contributed by atoms with Gasteiger partial charge in [-0.25, -0.2) is 17.6 Å². The molecule has 1 aliphatic heterocycles. The van der Waals surface area contributed by atoms with Crippen LogP contribution in [0.4, 0.5) is 20.6 Å². The van der Waals surface area contributed by atoms with Gasteiger partial charge in [-0.1, -0.05) is 18.1 Å². The molecular weight excluding hydrogens is 569 g/mol. The number of nitrogens with one attached hydrogen (secondary N) is 2. The number of carbonyl (C=O) groups is 2. The Hall–Kier alpha value is -4.17. The molecule has 3 aromatic rings. The van der Waals surface area contributed by atoms with Gasteiger partial charge in [-0.3, -0.25) is 9.52 Å². The van der Waals surface area contributed by atoms with E-state index in [0.29, 0.717) is 17.1 Å². The molecule has 0 fully saturated rings. The number of aliphatic hydroxyl groups excluding tert-OH is 1. The number of rotatable bonds is 8. The third-order valence-electron chi connectivity index (χ3n) is 7.13. The van der Waals surface area contributed by atoms with Gasteiger partial charge in [0.25, 0.3) is 15.9 Å². The predicted octanol–water partition coefficient (Wildman–Crippen LogP) is 3.62. The highest BCUT2D eigenvalue weighted by Crippen LogP contribution is 2.36. The predicted molar refractivity (Wildman–Crippen MR) is 152 cm³/mol. The lowest BCUT2D eigenvalue weighted by atomic mass is 9.99. The number of hydrogen-bond donors (Lipinski definition) is 3. The van der Waals surface area contributed by atoms with E-state index in [1.807, 2.05) is 6.92 Å². The summed E-state index contributed by atoms with van der Waals surface area (Å²) in [4.78, 5) is 29.5. The van der Waals surface area contributed by atoms with E-state index in [-0.39, 0.29) is 47.5 Å². The van der Waals surface area contributed by atoms with Crippen molar-refractivity contribution < 1.29 is 36.8 Å². The van der Waals surface area contributed by atoms with E-state index in [4.69, 9.17) is 9.26 Å². The molecule has 3 atom stereocenters. The summed E-state index contributed by atoms with van der Waals surface area (Å²) in [7, 11) is -2.62. The summed E-state index contributed by atoms with van der Waals surface area (Å²) in [5.41, 5.74) is 1.04. The molecule has 1 aliphatic rings. The normalized spacial score (nSPS) is 17.9. The molecule has 3 amide bonds. The first-order valence-electron chi connectivity index (χ1n) is 13.3. The van der Waals surface area contributed by atoms with Crippen molar-refractivity contribution in [3.8, 4) is 5.75 Å². The number of aliphatic hydroxyl groups is 1. The summed E-state index contributed by atoms with van der Waals surface area (Å²) in [6.45, 7) is 6.88. The average molecular weight is 604 g/mol. The van der Waals surface area contributed by atoms with E-state index in [2.05, 4.69) is 15.2 Å². The zero-order valence-corrected chi connectivity index (χ0v) is 24.7. The molecule has 0 bridgehead atoms. The van der Waals surface area contributed by atoms with E-state index >= 15 is 0 Å². The molecule has 0 spiro atoms. The molecule has 1 aromatic heterocycles. The fourth-order valence-corrected chi connectivity index (χ4v) is 5.64. The quantitative estimate of drug-likeness (QED) is 0.353. The molecule has 3 N–H and O–H groups in total. The van der Waals surface area contributed by atoms with Crippen molar-refractivity contribution in [3.05, 3.63) is 65.3 Å². The summed E-state index contributed by atoms with van der Waals surface area (Å²) < 4.78 is 53.7. The maximum Gasteiger partial charge on any atom is 0.321 e. The number of aryl methyl sites for hydroxylation is 2. The highest BCUT2D eigenvalue weighted by molar-refractivity contribution is 7.92. The minimum absolute atomic E-state index is 0.0105. The van der Waals surface area contributed by atoms with Crippen LogP contribution >= 0.6 is 0 Å². The van der Waals surface area contributed by atoms with E-state index < -0.39 is 39.9 Å². The molecule has 2 aromatic carbocycles. The number of sulfonamides is 1. The third-order valence-corrected chi connectivity index (χ3v) is 8.51. The van der Waals surface area contributed by atoms with Crippen molar-refractivity contribution in [2.24, 2.45) is 5.92 Å². The highest BCUT2D eigenvalue weighted by Gasteiger charge is 2.35. The lowest BCUT2D eigenvalue weighted by Gasteiger charge is -2.38. The maximum atomic E-state index is 13.7. The van der Waals surface area contributed by atoms with Crippen LogP contribution in [0.3, 0.4) is 0 Å². The Kier molecular flexibility index (Phi) is 9.06. The Labute approximate surface area is 243 Å². The second kappa shape index (κ2) is 12.4. The zero-order valence-electron chi connectivity index (χ0n) is 23.9. The van der Waals surface area contributed by atoms with Crippen LogP contribution in [0.25, 0.3) is 0 Å². The minimum atomic E-state index is -4.19. The number of ether oxygens (including phenoxy) is 1. The van der Waals surface area contributed by atoms with Crippen LogP contribution in [-0.4, -0.2) is 79.3 Å². The molecule has 2 heterocycles. The number of para-hydroxylation sites is 1. The Morgan fingerprint density at radius 1 is 1.24 bits per heavy atom. The summed E-state index contributed by atoms with van der Waals surface area (Å²) in [6.07, 6.45) is -0.706. The number of nitrogens with zero attached hydrogens (tertiary/aromatic N) is 3. The van der Waals surface area contributed by atoms with Gasteiger partial charge in [-0.2, -0.15) is 0 Å². The van der Waals surface area contributed by atoms with Gasteiger partial charge in [0.1, 0.15) is 23.3 Å². The van der Waals surface area contributed by atoms with Crippen molar-refractivity contribution in [1.82, 2.24) is 15.0 Å². The number of aromatic nitrogens is 1. The average Bonchev–Trinajstić information content (AvgIpc) is 3.26. The van der Waals surface area contributed by atoms with Crippen LogP contribution in [0.5, 0.6) is 5.75 Å². The van der Waals surface area contributed by atoms with Gasteiger partial charge in [0.05, 0.1) is 35.3 Å². The molecular formula is C28H34FN5O7S. The van der Waals surface area contributed by atoms with Crippen molar-refractivity contribution >= 4 is 33.3 Å². The topological polar surface area (TPSA) is 154 Å². The van der Waals surface area contributed by atoms with Crippen LogP contribution in [0, 0.1) is 25.6 Å². The zero-order chi connectivity index (χ0) is 30.8. The lowest BCUT2D eigenvalue weighted by molar-refractivity contribution is 0.0373. The number of hydrogen-bond acceptors (Lipinski definition) is 8. The number of likely N-dealkylation sites (N-methyl/N-ethyl adjacent to an activating group) is 1. The molecule has 0 saturated heterocycles. The number of fused-ring (bicyclic) bond motifs is 1. The van der Waals surface area contributed by atoms with Crippen molar-refractivity contribution in [2.45, 2.75) is 44.7 Å². The number of anilines is 2. The highest BCUT2D eigenvalue weighted by atomic mass is 32.2. The smallest absolute Gasteiger partial charge is 0.321 e. The van der Waals surface area contributed by atoms with Crippen molar-refractivity contribution in [1.29, 1.82) is 0 Å². The molecule has 14 heteroatoms. The fourth-order valence-electron chi connectivity index (χ4n) is 4.58. The standard InChI is InChI=1S/C28H34FN5O7S/c1-16-13-34(17(2)15-35)27(36)22-7-6-8-23(32-42(38,39)21-11-9-20(29)10-12-21)26(22)40-24(16)14-33(5)28(37)30-25-18(3)31-41-19(25)4/h6-12,16-17,24,32,35H,13-15H2,1-5H3,(H,30,37)/t16-,17+,24-/m1/s1. The van der Waals surface area contributed by atoms with Gasteiger partial charge < -0.3 is 29.5 Å². The van der Waals surface area contributed by atoms with Crippen LogP contribution < -0.4 is 14.8 Å². The second-order valence-electron chi connectivity index (χ2n) is 10.4. The van der Waals surface area contributed by atoms with Crippen LogP contribution in [0.1, 0.15) is 35.7 Å². The summed E-state index contributed by atoms with van der Waals surface area (Å²) in [6, 6.07) is 7.76. The van der Waals surface area contributed by atoms with Gasteiger partial charge in [-0.15, -0.1) is 0 Å². The molecule has 0 radical (unpaired) electrons. The first-order valence-corrected chi connectivity index (χ1v) is 14.8. The van der Waals surface area contributed by atoms with Crippen molar-refractivity contribution in [2.75, 3.05) is 36.8 Å². The molecule has 42 heavy (non-hydrogen) atoms. The maximum absolute atomic E-state index is 13.7. The number of halogens is 1.